The lowest BCUT2D eigenvalue weighted by Crippen LogP contribution is -2.21. The van der Waals surface area contributed by atoms with E-state index in [9.17, 15) is 9.18 Å². The fourth-order valence-corrected chi connectivity index (χ4v) is 1.53. The summed E-state index contributed by atoms with van der Waals surface area (Å²) >= 11 is 0. The van der Waals surface area contributed by atoms with Gasteiger partial charge in [-0.2, -0.15) is 0 Å². The molecule has 0 fully saturated rings. The molecule has 1 amide bonds. The number of benzene rings is 1. The number of rotatable bonds is 8. The molecule has 0 spiro atoms. The second kappa shape index (κ2) is 7.86. The summed E-state index contributed by atoms with van der Waals surface area (Å²) in [7, 11) is 0. The summed E-state index contributed by atoms with van der Waals surface area (Å²) in [5.74, 6) is -0.536. The first-order valence-electron chi connectivity index (χ1n) is 6.37. The maximum Gasteiger partial charge on any atom is 0.248 e. The molecule has 0 aliphatic rings. The second-order valence-corrected chi connectivity index (χ2v) is 4.82. The first-order valence-corrected chi connectivity index (χ1v) is 6.37. The number of carbonyl (C=O) groups excluding carboxylic acids is 1. The Kier molecular flexibility index (Phi) is 6.45. The van der Waals surface area contributed by atoms with Crippen LogP contribution < -0.4 is 11.1 Å². The molecular formula is C14H21FN2O2. The number of nitrogens with one attached hydrogen (secondary N) is 1. The van der Waals surface area contributed by atoms with Crippen LogP contribution in [0.1, 0.15) is 29.8 Å². The lowest BCUT2D eigenvalue weighted by molar-refractivity contribution is 0.1000. The van der Waals surface area contributed by atoms with Crippen molar-refractivity contribution in [3.8, 4) is 0 Å². The minimum absolute atomic E-state index is 0.182. The van der Waals surface area contributed by atoms with Crippen molar-refractivity contribution in [2.75, 3.05) is 19.8 Å². The topological polar surface area (TPSA) is 64.3 Å². The first-order chi connectivity index (χ1) is 9.00. The summed E-state index contributed by atoms with van der Waals surface area (Å²) in [5.41, 5.74) is 5.76. The monoisotopic (exact) mass is 268 g/mol. The average molecular weight is 268 g/mol. The second-order valence-electron chi connectivity index (χ2n) is 4.82. The van der Waals surface area contributed by atoms with Gasteiger partial charge in [0.2, 0.25) is 5.91 Å². The number of ether oxygens (including phenoxy) is 1. The molecule has 0 heterocycles. The molecule has 1 aromatic rings. The van der Waals surface area contributed by atoms with E-state index in [1.807, 2.05) is 0 Å². The van der Waals surface area contributed by atoms with Crippen molar-refractivity contribution in [3.63, 3.8) is 0 Å². The molecule has 0 bridgehead atoms. The number of hydrogen-bond acceptors (Lipinski definition) is 3. The zero-order chi connectivity index (χ0) is 14.3. The van der Waals surface area contributed by atoms with Crippen LogP contribution in [0.4, 0.5) is 4.39 Å². The summed E-state index contributed by atoms with van der Waals surface area (Å²) in [5, 5.41) is 3.08. The summed E-state index contributed by atoms with van der Waals surface area (Å²) in [4.78, 5) is 10.9. The number of primary amides is 1. The summed E-state index contributed by atoms with van der Waals surface area (Å²) in [6.45, 7) is 6.55. The van der Waals surface area contributed by atoms with Crippen LogP contribution in [0.2, 0.25) is 0 Å². The van der Waals surface area contributed by atoms with Crippen LogP contribution in [0.5, 0.6) is 0 Å². The van der Waals surface area contributed by atoms with Crippen molar-refractivity contribution >= 4 is 5.91 Å². The molecule has 0 aromatic heterocycles. The highest BCUT2D eigenvalue weighted by molar-refractivity contribution is 5.92. The lowest BCUT2D eigenvalue weighted by atomic mass is 10.1. The minimum Gasteiger partial charge on any atom is -0.380 e. The van der Waals surface area contributed by atoms with E-state index in [2.05, 4.69) is 19.2 Å². The van der Waals surface area contributed by atoms with E-state index in [-0.39, 0.29) is 5.56 Å². The average Bonchev–Trinajstić information content (AvgIpc) is 2.34. The van der Waals surface area contributed by atoms with E-state index in [0.29, 0.717) is 31.2 Å². The molecule has 0 atom stereocenters. The van der Waals surface area contributed by atoms with Crippen molar-refractivity contribution in [2.45, 2.75) is 20.4 Å². The predicted molar refractivity (Wildman–Crippen MR) is 72.3 cm³/mol. The Morgan fingerprint density at radius 3 is 2.79 bits per heavy atom. The molecule has 0 unspecified atom stereocenters. The summed E-state index contributed by atoms with van der Waals surface area (Å²) in [6.07, 6.45) is 0. The zero-order valence-corrected chi connectivity index (χ0v) is 11.4. The van der Waals surface area contributed by atoms with Gasteiger partial charge in [0, 0.05) is 30.8 Å². The van der Waals surface area contributed by atoms with Crippen LogP contribution in [-0.2, 0) is 11.3 Å². The largest absolute Gasteiger partial charge is 0.380 e. The maximum atomic E-state index is 13.6. The van der Waals surface area contributed by atoms with Crippen LogP contribution >= 0.6 is 0 Å². The summed E-state index contributed by atoms with van der Waals surface area (Å²) < 4.78 is 19.0. The number of halogens is 1. The highest BCUT2D eigenvalue weighted by atomic mass is 19.1. The molecule has 19 heavy (non-hydrogen) atoms. The van der Waals surface area contributed by atoms with Gasteiger partial charge in [-0.25, -0.2) is 4.39 Å². The summed E-state index contributed by atoms with van der Waals surface area (Å²) in [6, 6.07) is 4.25. The highest BCUT2D eigenvalue weighted by Crippen LogP contribution is 2.09. The van der Waals surface area contributed by atoms with Gasteiger partial charge in [0.05, 0.1) is 6.61 Å². The molecule has 1 aromatic carbocycles. The van der Waals surface area contributed by atoms with E-state index < -0.39 is 11.7 Å². The van der Waals surface area contributed by atoms with E-state index in [0.717, 1.165) is 12.7 Å². The van der Waals surface area contributed by atoms with Crippen LogP contribution in [0.3, 0.4) is 0 Å². The number of amides is 1. The van der Waals surface area contributed by atoms with Crippen molar-refractivity contribution in [1.82, 2.24) is 5.32 Å². The quantitative estimate of drug-likeness (QED) is 0.705. The number of nitrogens with two attached hydrogens (primary N) is 1. The fourth-order valence-electron chi connectivity index (χ4n) is 1.53. The molecule has 3 N–H and O–H groups in total. The van der Waals surface area contributed by atoms with Gasteiger partial charge < -0.3 is 15.8 Å². The van der Waals surface area contributed by atoms with Gasteiger partial charge in [-0.3, -0.25) is 4.79 Å². The molecule has 106 valence electrons. The standard InChI is InChI=1S/C14H21FN2O2/c1-10(2)9-19-6-5-17-8-12-4-3-11(14(16)18)7-13(12)15/h3-4,7,10,17H,5-6,8-9H2,1-2H3,(H2,16,18). The van der Waals surface area contributed by atoms with E-state index >= 15 is 0 Å². The highest BCUT2D eigenvalue weighted by Gasteiger charge is 2.06. The normalized spacial score (nSPS) is 10.9. The first kappa shape index (κ1) is 15.6. The van der Waals surface area contributed by atoms with Crippen LogP contribution in [-0.4, -0.2) is 25.7 Å². The third kappa shape index (κ3) is 5.81. The number of carbonyl (C=O) groups is 1. The van der Waals surface area contributed by atoms with Crippen LogP contribution in [0, 0.1) is 11.7 Å². The Morgan fingerprint density at radius 1 is 1.47 bits per heavy atom. The molecular weight excluding hydrogens is 247 g/mol. The molecule has 5 heteroatoms. The number of hydrogen-bond donors (Lipinski definition) is 2. The van der Waals surface area contributed by atoms with Gasteiger partial charge >= 0.3 is 0 Å². The van der Waals surface area contributed by atoms with Crippen molar-refractivity contribution in [3.05, 3.63) is 35.1 Å². The smallest absolute Gasteiger partial charge is 0.248 e. The maximum absolute atomic E-state index is 13.6. The molecule has 1 rings (SSSR count). The van der Waals surface area contributed by atoms with Crippen molar-refractivity contribution in [2.24, 2.45) is 11.7 Å². The van der Waals surface area contributed by atoms with E-state index in [1.165, 1.54) is 6.07 Å². The fraction of sp³-hybridized carbons (Fsp3) is 0.500. The van der Waals surface area contributed by atoms with Crippen molar-refractivity contribution < 1.29 is 13.9 Å². The minimum atomic E-state index is -0.625. The van der Waals surface area contributed by atoms with Crippen LogP contribution in [0.25, 0.3) is 0 Å². The Bertz CT molecular complexity index is 422. The molecule has 0 saturated carbocycles. The van der Waals surface area contributed by atoms with Crippen LogP contribution in [0.15, 0.2) is 18.2 Å². The SMILES string of the molecule is CC(C)COCCNCc1ccc(C(N)=O)cc1F. The molecule has 0 aliphatic carbocycles. The Morgan fingerprint density at radius 2 is 2.21 bits per heavy atom. The zero-order valence-electron chi connectivity index (χ0n) is 11.4. The van der Waals surface area contributed by atoms with Gasteiger partial charge in [0.1, 0.15) is 5.82 Å². The molecule has 0 aliphatic heterocycles. The predicted octanol–water partition coefficient (Wildman–Crippen LogP) is 1.69. The molecule has 0 saturated heterocycles. The van der Waals surface area contributed by atoms with Gasteiger partial charge in [-0.05, 0) is 18.1 Å². The van der Waals surface area contributed by atoms with Gasteiger partial charge in [-0.15, -0.1) is 0 Å². The Balaban J connectivity index is 2.32. The molecule has 4 nitrogen and oxygen atoms in total. The van der Waals surface area contributed by atoms with Crippen molar-refractivity contribution in [1.29, 1.82) is 0 Å². The van der Waals surface area contributed by atoms with Gasteiger partial charge in [-0.1, -0.05) is 19.9 Å². The third-order valence-corrected chi connectivity index (χ3v) is 2.53. The Hall–Kier alpha value is -1.46. The third-order valence-electron chi connectivity index (χ3n) is 2.53. The van der Waals surface area contributed by atoms with Gasteiger partial charge in [0.15, 0.2) is 0 Å². The van der Waals surface area contributed by atoms with E-state index in [1.54, 1.807) is 6.07 Å². The van der Waals surface area contributed by atoms with Gasteiger partial charge in [0.25, 0.3) is 0 Å². The Labute approximate surface area is 113 Å². The lowest BCUT2D eigenvalue weighted by Gasteiger charge is -2.09. The van der Waals surface area contributed by atoms with E-state index in [4.69, 9.17) is 10.5 Å². The molecule has 0 radical (unpaired) electrons.